The van der Waals surface area contributed by atoms with Gasteiger partial charge in [-0.1, -0.05) is 42.0 Å². The maximum atomic E-state index is 12.6. The summed E-state index contributed by atoms with van der Waals surface area (Å²) in [5, 5.41) is 2.90. The molecule has 1 N–H and O–H groups in total. The molecular weight excluding hydrogens is 448 g/mol. The number of nitrogens with one attached hydrogen (secondary N) is 1. The number of hydrogen-bond acceptors (Lipinski definition) is 4. The fourth-order valence-corrected chi connectivity index (χ4v) is 4.41. The molecule has 1 heterocycles. The van der Waals surface area contributed by atoms with E-state index in [0.717, 1.165) is 22.4 Å². The lowest BCUT2D eigenvalue weighted by atomic mass is 10.1. The number of amides is 1. The standard InChI is InChI=1S/C26H26N4O3S/c1-20-3-5-22(6-4-20)18-30(34(2,32)33)25-13-9-23(10-14-25)26(31)28-17-21-7-11-24(12-8-21)29-16-15-27-19-29/h3-16,19H,17-18H2,1-2H3,(H,28,31). The quantitative estimate of drug-likeness (QED) is 0.417. The largest absolute Gasteiger partial charge is 0.348 e. The summed E-state index contributed by atoms with van der Waals surface area (Å²) in [6, 6.07) is 22.2. The van der Waals surface area contributed by atoms with E-state index in [1.165, 1.54) is 10.6 Å². The molecule has 0 aliphatic carbocycles. The molecule has 4 aromatic rings. The minimum absolute atomic E-state index is 0.222. The zero-order valence-electron chi connectivity index (χ0n) is 19.0. The van der Waals surface area contributed by atoms with Gasteiger partial charge in [0.25, 0.3) is 5.91 Å². The highest BCUT2D eigenvalue weighted by Gasteiger charge is 2.18. The highest BCUT2D eigenvalue weighted by atomic mass is 32.2. The Balaban J connectivity index is 1.41. The van der Waals surface area contributed by atoms with Crippen LogP contribution in [0.3, 0.4) is 0 Å². The number of nitrogens with zero attached hydrogens (tertiary/aromatic N) is 3. The van der Waals surface area contributed by atoms with E-state index < -0.39 is 10.0 Å². The molecule has 8 heteroatoms. The number of carbonyl (C=O) groups excluding carboxylic acids is 1. The molecule has 0 bridgehead atoms. The highest BCUT2D eigenvalue weighted by molar-refractivity contribution is 7.92. The Morgan fingerprint density at radius 1 is 0.941 bits per heavy atom. The predicted octanol–water partition coefficient (Wildman–Crippen LogP) is 4.08. The molecule has 0 saturated carbocycles. The molecule has 0 spiro atoms. The van der Waals surface area contributed by atoms with Crippen molar-refractivity contribution in [2.45, 2.75) is 20.0 Å². The average molecular weight is 475 g/mol. The van der Waals surface area contributed by atoms with E-state index in [-0.39, 0.29) is 12.5 Å². The fourth-order valence-electron chi connectivity index (χ4n) is 3.52. The molecule has 0 aliphatic rings. The minimum Gasteiger partial charge on any atom is -0.348 e. The minimum atomic E-state index is -3.50. The summed E-state index contributed by atoms with van der Waals surface area (Å²) in [6.07, 6.45) is 6.50. The summed E-state index contributed by atoms with van der Waals surface area (Å²) in [7, 11) is -3.50. The van der Waals surface area contributed by atoms with Crippen molar-refractivity contribution in [3.8, 4) is 5.69 Å². The second kappa shape index (κ2) is 9.93. The lowest BCUT2D eigenvalue weighted by Gasteiger charge is -2.23. The molecular formula is C26H26N4O3S. The zero-order valence-corrected chi connectivity index (χ0v) is 19.9. The Bertz CT molecular complexity index is 1350. The van der Waals surface area contributed by atoms with Gasteiger partial charge in [-0.25, -0.2) is 13.4 Å². The molecule has 0 fully saturated rings. The van der Waals surface area contributed by atoms with E-state index in [2.05, 4.69) is 10.3 Å². The molecule has 7 nitrogen and oxygen atoms in total. The van der Waals surface area contributed by atoms with Crippen LogP contribution in [0.25, 0.3) is 5.69 Å². The third kappa shape index (κ3) is 5.71. The van der Waals surface area contributed by atoms with Crippen molar-refractivity contribution in [2.75, 3.05) is 10.6 Å². The summed E-state index contributed by atoms with van der Waals surface area (Å²) < 4.78 is 28.1. The third-order valence-electron chi connectivity index (χ3n) is 5.46. The molecule has 4 rings (SSSR count). The summed E-state index contributed by atoms with van der Waals surface area (Å²) in [6.45, 7) is 2.59. The van der Waals surface area contributed by atoms with Crippen molar-refractivity contribution in [1.82, 2.24) is 14.9 Å². The summed E-state index contributed by atoms with van der Waals surface area (Å²) in [5.41, 5.74) is 4.92. The van der Waals surface area contributed by atoms with Gasteiger partial charge in [-0.05, 0) is 54.4 Å². The lowest BCUT2D eigenvalue weighted by molar-refractivity contribution is 0.0951. The number of imidazole rings is 1. The van der Waals surface area contributed by atoms with E-state index in [1.807, 2.05) is 66.2 Å². The number of carbonyl (C=O) groups is 1. The first-order valence-corrected chi connectivity index (χ1v) is 12.6. The van der Waals surface area contributed by atoms with Crippen molar-refractivity contribution in [1.29, 1.82) is 0 Å². The number of benzene rings is 3. The number of sulfonamides is 1. The summed E-state index contributed by atoms with van der Waals surface area (Å²) in [5.74, 6) is -0.227. The Labute approximate surface area is 199 Å². The van der Waals surface area contributed by atoms with Gasteiger partial charge in [0.15, 0.2) is 0 Å². The van der Waals surface area contributed by atoms with E-state index in [9.17, 15) is 13.2 Å². The number of anilines is 1. The van der Waals surface area contributed by atoms with Gasteiger partial charge in [0.05, 0.1) is 24.8 Å². The highest BCUT2D eigenvalue weighted by Crippen LogP contribution is 2.21. The van der Waals surface area contributed by atoms with Crippen LogP contribution in [0.2, 0.25) is 0 Å². The Morgan fingerprint density at radius 3 is 2.18 bits per heavy atom. The van der Waals surface area contributed by atoms with Crippen LogP contribution in [-0.4, -0.2) is 30.1 Å². The van der Waals surface area contributed by atoms with Crippen molar-refractivity contribution < 1.29 is 13.2 Å². The van der Waals surface area contributed by atoms with E-state index in [1.54, 1.807) is 36.8 Å². The Morgan fingerprint density at radius 2 is 1.59 bits per heavy atom. The molecule has 34 heavy (non-hydrogen) atoms. The fraction of sp³-hybridized carbons (Fsp3) is 0.154. The second-order valence-corrected chi connectivity index (χ2v) is 10.0. The maximum Gasteiger partial charge on any atom is 0.251 e. The summed E-state index contributed by atoms with van der Waals surface area (Å²) >= 11 is 0. The van der Waals surface area contributed by atoms with E-state index in [4.69, 9.17) is 0 Å². The third-order valence-corrected chi connectivity index (χ3v) is 6.60. The van der Waals surface area contributed by atoms with Gasteiger partial charge in [-0.15, -0.1) is 0 Å². The first-order valence-electron chi connectivity index (χ1n) is 10.8. The number of aryl methyl sites for hydroxylation is 1. The van der Waals surface area contributed by atoms with Crippen molar-refractivity contribution >= 4 is 21.6 Å². The van der Waals surface area contributed by atoms with Gasteiger partial charge in [0.1, 0.15) is 0 Å². The van der Waals surface area contributed by atoms with Crippen LogP contribution in [0, 0.1) is 6.92 Å². The molecule has 1 amide bonds. The van der Waals surface area contributed by atoms with Gasteiger partial charge >= 0.3 is 0 Å². The summed E-state index contributed by atoms with van der Waals surface area (Å²) in [4.78, 5) is 16.7. The van der Waals surface area contributed by atoms with Gasteiger partial charge in [0.2, 0.25) is 10.0 Å². The smallest absolute Gasteiger partial charge is 0.251 e. The van der Waals surface area contributed by atoms with Crippen LogP contribution in [-0.2, 0) is 23.1 Å². The average Bonchev–Trinajstić information content (AvgIpc) is 3.37. The first kappa shape index (κ1) is 23.3. The van der Waals surface area contributed by atoms with Crippen LogP contribution in [0.1, 0.15) is 27.0 Å². The molecule has 0 saturated heterocycles. The lowest BCUT2D eigenvalue weighted by Crippen LogP contribution is -2.29. The second-order valence-electron chi connectivity index (χ2n) is 8.12. The Kier molecular flexibility index (Phi) is 6.79. The normalized spacial score (nSPS) is 11.2. The molecule has 3 aromatic carbocycles. The van der Waals surface area contributed by atoms with Crippen LogP contribution in [0.5, 0.6) is 0 Å². The van der Waals surface area contributed by atoms with Crippen molar-refractivity contribution in [3.05, 3.63) is 114 Å². The molecule has 1 aromatic heterocycles. The number of aromatic nitrogens is 2. The molecule has 0 atom stereocenters. The van der Waals surface area contributed by atoms with Crippen LogP contribution < -0.4 is 9.62 Å². The van der Waals surface area contributed by atoms with Crippen molar-refractivity contribution in [2.24, 2.45) is 0 Å². The number of rotatable bonds is 8. The van der Waals surface area contributed by atoms with Crippen LogP contribution >= 0.6 is 0 Å². The van der Waals surface area contributed by atoms with Gasteiger partial charge in [-0.2, -0.15) is 0 Å². The monoisotopic (exact) mass is 474 g/mol. The van der Waals surface area contributed by atoms with E-state index >= 15 is 0 Å². The van der Waals surface area contributed by atoms with Gasteiger partial charge in [-0.3, -0.25) is 9.10 Å². The zero-order chi connectivity index (χ0) is 24.1. The molecule has 0 radical (unpaired) electrons. The molecule has 174 valence electrons. The topological polar surface area (TPSA) is 84.3 Å². The molecule has 0 aliphatic heterocycles. The SMILES string of the molecule is Cc1ccc(CN(c2ccc(C(=O)NCc3ccc(-n4ccnc4)cc3)cc2)S(C)(=O)=O)cc1. The molecule has 0 unspecified atom stereocenters. The van der Waals surface area contributed by atoms with E-state index in [0.29, 0.717) is 17.8 Å². The van der Waals surface area contributed by atoms with Gasteiger partial charge in [0, 0.05) is 30.2 Å². The first-order chi connectivity index (χ1) is 16.3. The van der Waals surface area contributed by atoms with Gasteiger partial charge < -0.3 is 9.88 Å². The van der Waals surface area contributed by atoms with Crippen molar-refractivity contribution in [3.63, 3.8) is 0 Å². The predicted molar refractivity (Wildman–Crippen MR) is 133 cm³/mol. The maximum absolute atomic E-state index is 12.6. The number of hydrogen-bond donors (Lipinski definition) is 1. The Hall–Kier alpha value is -3.91. The van der Waals surface area contributed by atoms with Crippen LogP contribution in [0.15, 0.2) is 91.5 Å². The van der Waals surface area contributed by atoms with Crippen LogP contribution in [0.4, 0.5) is 5.69 Å².